The van der Waals surface area contributed by atoms with Gasteiger partial charge in [-0.25, -0.2) is 5.43 Å². The number of carbonyl (C=O) groups is 1. The number of nitrogens with zero attached hydrogens (tertiary/aromatic N) is 2. The van der Waals surface area contributed by atoms with Gasteiger partial charge in [-0.05, 0) is 25.5 Å². The Hall–Kier alpha value is -2.77. The molecule has 1 aromatic heterocycles. The number of thiophene rings is 1. The van der Waals surface area contributed by atoms with E-state index in [0.29, 0.717) is 21.2 Å². The molecule has 0 saturated carbocycles. The van der Waals surface area contributed by atoms with E-state index in [0.717, 1.165) is 15.6 Å². The van der Waals surface area contributed by atoms with Crippen molar-refractivity contribution in [2.24, 2.45) is 5.10 Å². The van der Waals surface area contributed by atoms with E-state index in [1.54, 1.807) is 19.1 Å². The van der Waals surface area contributed by atoms with E-state index in [1.807, 2.05) is 25.1 Å². The van der Waals surface area contributed by atoms with Crippen LogP contribution >= 0.6 is 22.9 Å². The molecule has 0 radical (unpaired) electrons. The number of rotatable bonds is 4. The largest absolute Gasteiger partial charge is 0.283 e. The summed E-state index contributed by atoms with van der Waals surface area (Å²) in [6.07, 6.45) is 0. The first-order chi connectivity index (χ1) is 12.4. The Morgan fingerprint density at radius 3 is 2.77 bits per heavy atom. The number of benzene rings is 2. The average Bonchev–Trinajstić information content (AvgIpc) is 2.95. The van der Waals surface area contributed by atoms with Gasteiger partial charge in [0.05, 0.1) is 15.7 Å². The smallest absolute Gasteiger partial charge is 0.266 e. The number of nitro benzene ring substituents is 1. The number of amides is 1. The summed E-state index contributed by atoms with van der Waals surface area (Å²) in [5.41, 5.74) is 4.52. The molecule has 1 heterocycles. The second kappa shape index (κ2) is 7.23. The monoisotopic (exact) mass is 387 g/mol. The van der Waals surface area contributed by atoms with Crippen molar-refractivity contribution in [3.05, 3.63) is 73.6 Å². The van der Waals surface area contributed by atoms with Crippen LogP contribution in [0.15, 0.2) is 47.6 Å². The Labute approximate surface area is 158 Å². The first kappa shape index (κ1) is 18.0. The molecule has 1 N–H and O–H groups in total. The Balaban J connectivity index is 1.84. The maximum absolute atomic E-state index is 12.4. The van der Waals surface area contributed by atoms with Crippen LogP contribution in [-0.2, 0) is 0 Å². The molecule has 3 rings (SSSR count). The molecule has 0 aliphatic carbocycles. The number of aryl methyl sites for hydroxylation is 1. The number of nitrogens with one attached hydrogen (secondary N) is 1. The molecule has 0 aliphatic heterocycles. The van der Waals surface area contributed by atoms with Crippen molar-refractivity contribution in [2.45, 2.75) is 13.8 Å². The molecule has 132 valence electrons. The lowest BCUT2D eigenvalue weighted by molar-refractivity contribution is -0.384. The molecule has 2 aromatic carbocycles. The lowest BCUT2D eigenvalue weighted by Crippen LogP contribution is -2.18. The van der Waals surface area contributed by atoms with Gasteiger partial charge in [-0.15, -0.1) is 11.3 Å². The fourth-order valence-electron chi connectivity index (χ4n) is 2.41. The second-order valence-electron chi connectivity index (χ2n) is 5.69. The van der Waals surface area contributed by atoms with E-state index in [1.165, 1.54) is 23.5 Å². The summed E-state index contributed by atoms with van der Waals surface area (Å²) in [5, 5.41) is 16.1. The van der Waals surface area contributed by atoms with Crippen LogP contribution in [0.3, 0.4) is 0 Å². The van der Waals surface area contributed by atoms with E-state index in [9.17, 15) is 14.9 Å². The van der Waals surface area contributed by atoms with Crippen molar-refractivity contribution in [1.29, 1.82) is 0 Å². The van der Waals surface area contributed by atoms with Gasteiger partial charge in [-0.2, -0.15) is 5.10 Å². The highest BCUT2D eigenvalue weighted by Crippen LogP contribution is 2.35. The molecule has 0 bridgehead atoms. The fourth-order valence-corrected chi connectivity index (χ4v) is 3.92. The maximum atomic E-state index is 12.4. The highest BCUT2D eigenvalue weighted by Gasteiger charge is 2.17. The second-order valence-corrected chi connectivity index (χ2v) is 7.12. The Morgan fingerprint density at radius 2 is 2.04 bits per heavy atom. The molecule has 26 heavy (non-hydrogen) atoms. The standard InChI is InChI=1S/C18H14ClN3O3S/c1-10-6-7-14-15(8-10)26-17(16(14)19)18(23)21-20-11(2)12-4-3-5-13(9-12)22(24)25/h3-9H,1-2H3,(H,21,23)/b20-11+. The van der Waals surface area contributed by atoms with E-state index < -0.39 is 10.8 Å². The van der Waals surface area contributed by atoms with Crippen LogP contribution in [0.2, 0.25) is 5.02 Å². The highest BCUT2D eigenvalue weighted by atomic mass is 35.5. The molecule has 0 spiro atoms. The van der Waals surface area contributed by atoms with E-state index in [-0.39, 0.29) is 5.69 Å². The lowest BCUT2D eigenvalue weighted by atomic mass is 10.1. The number of hydrogen-bond donors (Lipinski definition) is 1. The SMILES string of the molecule is C/C(=N\NC(=O)c1sc2cc(C)ccc2c1Cl)c1cccc([N+](=O)[O-])c1. The molecule has 0 fully saturated rings. The third-order valence-electron chi connectivity index (χ3n) is 3.79. The van der Waals surface area contributed by atoms with Gasteiger partial charge >= 0.3 is 0 Å². The van der Waals surface area contributed by atoms with Crippen molar-refractivity contribution >= 4 is 50.3 Å². The van der Waals surface area contributed by atoms with E-state index in [2.05, 4.69) is 10.5 Å². The average molecular weight is 388 g/mol. The molecule has 0 aliphatic rings. The van der Waals surface area contributed by atoms with Crippen molar-refractivity contribution in [3.8, 4) is 0 Å². The minimum absolute atomic E-state index is 0.0358. The van der Waals surface area contributed by atoms with Crippen molar-refractivity contribution in [2.75, 3.05) is 0 Å². The lowest BCUT2D eigenvalue weighted by Gasteiger charge is -2.02. The zero-order valence-corrected chi connectivity index (χ0v) is 15.5. The summed E-state index contributed by atoms with van der Waals surface area (Å²) in [5.74, 6) is -0.418. The van der Waals surface area contributed by atoms with Gasteiger partial charge in [-0.1, -0.05) is 35.9 Å². The number of hydrazone groups is 1. The van der Waals surface area contributed by atoms with Gasteiger partial charge in [0.2, 0.25) is 0 Å². The van der Waals surface area contributed by atoms with Crippen LogP contribution in [0.1, 0.15) is 27.7 Å². The third kappa shape index (κ3) is 3.58. The molecule has 3 aromatic rings. The van der Waals surface area contributed by atoms with Crippen LogP contribution in [0, 0.1) is 17.0 Å². The molecular weight excluding hydrogens is 374 g/mol. The molecule has 6 nitrogen and oxygen atoms in total. The van der Waals surface area contributed by atoms with Crippen LogP contribution in [-0.4, -0.2) is 16.5 Å². The van der Waals surface area contributed by atoms with Crippen molar-refractivity contribution < 1.29 is 9.72 Å². The van der Waals surface area contributed by atoms with Gasteiger partial charge in [-0.3, -0.25) is 14.9 Å². The van der Waals surface area contributed by atoms with Gasteiger partial charge in [0.15, 0.2) is 0 Å². The summed E-state index contributed by atoms with van der Waals surface area (Å²) in [6.45, 7) is 3.63. The van der Waals surface area contributed by atoms with Crippen molar-refractivity contribution in [1.82, 2.24) is 5.43 Å². The predicted molar refractivity (Wildman–Crippen MR) is 104 cm³/mol. The van der Waals surface area contributed by atoms with Gasteiger partial charge in [0, 0.05) is 27.8 Å². The van der Waals surface area contributed by atoms with Crippen LogP contribution in [0.5, 0.6) is 0 Å². The summed E-state index contributed by atoms with van der Waals surface area (Å²) in [7, 11) is 0. The first-order valence-electron chi connectivity index (χ1n) is 7.65. The predicted octanol–water partition coefficient (Wildman–Crippen LogP) is 4.93. The van der Waals surface area contributed by atoms with Gasteiger partial charge < -0.3 is 0 Å². The minimum Gasteiger partial charge on any atom is -0.266 e. The number of non-ortho nitro benzene ring substituents is 1. The molecule has 8 heteroatoms. The number of carbonyl (C=O) groups excluding carboxylic acids is 1. The minimum atomic E-state index is -0.478. The molecule has 0 unspecified atom stereocenters. The third-order valence-corrected chi connectivity index (χ3v) is 5.45. The van der Waals surface area contributed by atoms with Gasteiger partial charge in [0.1, 0.15) is 4.88 Å². The number of nitro groups is 1. The molecule has 1 amide bonds. The fraction of sp³-hybridized carbons (Fsp3) is 0.111. The van der Waals surface area contributed by atoms with Gasteiger partial charge in [0.25, 0.3) is 11.6 Å². The zero-order valence-electron chi connectivity index (χ0n) is 13.9. The quantitative estimate of drug-likeness (QED) is 0.391. The van der Waals surface area contributed by atoms with Crippen LogP contribution in [0.4, 0.5) is 5.69 Å². The van der Waals surface area contributed by atoms with Crippen LogP contribution < -0.4 is 5.43 Å². The topological polar surface area (TPSA) is 84.6 Å². The Morgan fingerprint density at radius 1 is 1.27 bits per heavy atom. The number of hydrogen-bond acceptors (Lipinski definition) is 5. The summed E-state index contributed by atoms with van der Waals surface area (Å²) >= 11 is 7.62. The van der Waals surface area contributed by atoms with E-state index >= 15 is 0 Å². The van der Waals surface area contributed by atoms with Crippen molar-refractivity contribution in [3.63, 3.8) is 0 Å². The molecular formula is C18H14ClN3O3S. The summed E-state index contributed by atoms with van der Waals surface area (Å²) in [4.78, 5) is 23.2. The van der Waals surface area contributed by atoms with E-state index in [4.69, 9.17) is 11.6 Å². The molecule has 0 atom stereocenters. The number of halogens is 1. The first-order valence-corrected chi connectivity index (χ1v) is 8.84. The van der Waals surface area contributed by atoms with Crippen LogP contribution in [0.25, 0.3) is 10.1 Å². The summed E-state index contributed by atoms with van der Waals surface area (Å²) in [6, 6.07) is 11.9. The molecule has 0 saturated heterocycles. The highest BCUT2D eigenvalue weighted by molar-refractivity contribution is 7.21. The Kier molecular flexibility index (Phi) is 5.01. The number of fused-ring (bicyclic) bond motifs is 1. The zero-order chi connectivity index (χ0) is 18.8. The maximum Gasteiger partial charge on any atom is 0.283 e. The normalized spacial score (nSPS) is 11.6. The Bertz CT molecular complexity index is 1060. The summed E-state index contributed by atoms with van der Waals surface area (Å²) < 4.78 is 0.930.